The van der Waals surface area contributed by atoms with E-state index in [0.29, 0.717) is 16.2 Å². The van der Waals surface area contributed by atoms with Crippen LogP contribution in [0.1, 0.15) is 30.2 Å². The van der Waals surface area contributed by atoms with E-state index in [9.17, 15) is 14.7 Å². The van der Waals surface area contributed by atoms with E-state index < -0.39 is 11.2 Å². The molecule has 1 atom stereocenters. The average molecular weight is 386 g/mol. The van der Waals surface area contributed by atoms with Gasteiger partial charge in [-0.2, -0.15) is 0 Å². The first kappa shape index (κ1) is 17.3. The maximum absolute atomic E-state index is 13.4. The number of aryl methyl sites for hydroxylation is 2. The van der Waals surface area contributed by atoms with E-state index in [0.717, 1.165) is 47.8 Å². The maximum Gasteiger partial charge on any atom is 0.316 e. The Bertz CT molecular complexity index is 1040. The number of para-hydroxylation sites is 1. The number of carboxylic acid groups (broad SMARTS) is 1. The van der Waals surface area contributed by atoms with Crippen molar-refractivity contribution in [3.05, 3.63) is 51.1 Å². The molecule has 2 aromatic heterocycles. The van der Waals surface area contributed by atoms with Crippen molar-refractivity contribution >= 4 is 39.3 Å². The third-order valence-corrected chi connectivity index (χ3v) is 6.83. The van der Waals surface area contributed by atoms with Crippen LogP contribution in [0.15, 0.2) is 40.3 Å². The number of fused-ring (bicyclic) bond motifs is 3. The fourth-order valence-electron chi connectivity index (χ4n) is 3.28. The molecule has 1 unspecified atom stereocenters. The van der Waals surface area contributed by atoms with Crippen molar-refractivity contribution in [1.82, 2.24) is 9.55 Å². The predicted octanol–water partition coefficient (Wildman–Crippen LogP) is 3.89. The van der Waals surface area contributed by atoms with Crippen molar-refractivity contribution < 1.29 is 9.90 Å². The number of benzene rings is 1. The third kappa shape index (κ3) is 2.95. The molecule has 1 N–H and O–H groups in total. The minimum atomic E-state index is -0.922. The zero-order valence-corrected chi connectivity index (χ0v) is 15.9. The second-order valence-electron chi connectivity index (χ2n) is 6.36. The smallest absolute Gasteiger partial charge is 0.316 e. The van der Waals surface area contributed by atoms with Crippen LogP contribution in [0.2, 0.25) is 0 Å². The molecule has 4 rings (SSSR count). The summed E-state index contributed by atoms with van der Waals surface area (Å²) in [5.74, 6) is -0.922. The summed E-state index contributed by atoms with van der Waals surface area (Å²) in [6, 6.07) is 9.32. The quantitative estimate of drug-likeness (QED) is 0.544. The van der Waals surface area contributed by atoms with Crippen molar-refractivity contribution in [3.63, 3.8) is 0 Å². The van der Waals surface area contributed by atoms with Gasteiger partial charge in [-0.3, -0.25) is 14.2 Å². The Morgan fingerprint density at radius 1 is 1.27 bits per heavy atom. The number of hydrogen-bond acceptors (Lipinski definition) is 5. The Hall–Kier alpha value is -2.12. The summed E-state index contributed by atoms with van der Waals surface area (Å²) < 4.78 is 1.56. The van der Waals surface area contributed by atoms with E-state index in [4.69, 9.17) is 4.98 Å². The molecule has 1 aliphatic rings. The lowest BCUT2D eigenvalue weighted by molar-refractivity contribution is -0.136. The number of carbonyl (C=O) groups is 1. The third-order valence-electron chi connectivity index (χ3n) is 4.60. The highest BCUT2D eigenvalue weighted by Crippen LogP contribution is 2.35. The normalized spacial score (nSPS) is 15.0. The Kier molecular flexibility index (Phi) is 4.58. The molecule has 134 valence electrons. The summed E-state index contributed by atoms with van der Waals surface area (Å²) in [6.45, 7) is 1.61. The number of nitrogens with zero attached hydrogens (tertiary/aromatic N) is 2. The van der Waals surface area contributed by atoms with Crippen LogP contribution in [-0.2, 0) is 17.6 Å². The van der Waals surface area contributed by atoms with Crippen molar-refractivity contribution in [3.8, 4) is 5.69 Å². The van der Waals surface area contributed by atoms with Gasteiger partial charge in [0.1, 0.15) is 10.1 Å². The fraction of sp³-hybridized carbons (Fsp3) is 0.316. The van der Waals surface area contributed by atoms with Gasteiger partial charge in [0, 0.05) is 4.88 Å². The van der Waals surface area contributed by atoms with Crippen LogP contribution in [0, 0.1) is 0 Å². The molecule has 26 heavy (non-hydrogen) atoms. The molecule has 0 saturated carbocycles. The molecule has 1 aromatic carbocycles. The molecule has 0 bridgehead atoms. The Morgan fingerprint density at radius 2 is 2.00 bits per heavy atom. The van der Waals surface area contributed by atoms with Gasteiger partial charge in [-0.1, -0.05) is 30.0 Å². The largest absolute Gasteiger partial charge is 0.480 e. The summed E-state index contributed by atoms with van der Waals surface area (Å²) in [4.78, 5) is 31.4. The number of carboxylic acids is 1. The Labute approximate surface area is 158 Å². The molecule has 1 aliphatic carbocycles. The van der Waals surface area contributed by atoms with Crippen molar-refractivity contribution in [2.45, 2.75) is 43.0 Å². The van der Waals surface area contributed by atoms with Crippen LogP contribution in [0.25, 0.3) is 15.9 Å². The van der Waals surface area contributed by atoms with Crippen molar-refractivity contribution in [2.75, 3.05) is 0 Å². The summed E-state index contributed by atoms with van der Waals surface area (Å²) in [5.41, 5.74) is 1.75. The summed E-state index contributed by atoms with van der Waals surface area (Å²) in [5, 5.41) is 9.74. The van der Waals surface area contributed by atoms with Crippen LogP contribution in [-0.4, -0.2) is 25.9 Å². The van der Waals surface area contributed by atoms with E-state index in [1.54, 1.807) is 22.8 Å². The molecule has 2 heterocycles. The second kappa shape index (κ2) is 6.89. The minimum Gasteiger partial charge on any atom is -0.480 e. The van der Waals surface area contributed by atoms with E-state index in [2.05, 4.69) is 0 Å². The number of hydrogen-bond donors (Lipinski definition) is 1. The first-order chi connectivity index (χ1) is 12.6. The highest BCUT2D eigenvalue weighted by atomic mass is 32.2. The summed E-state index contributed by atoms with van der Waals surface area (Å²) in [6.07, 6.45) is 4.15. The number of thiophene rings is 1. The van der Waals surface area contributed by atoms with Gasteiger partial charge in [0.25, 0.3) is 5.56 Å². The standard InChI is InChI=1S/C19H18N2O3S2/c1-11(18(23)24)25-19-20-16-15(13-9-5-6-10-14(13)26-16)17(22)21(19)12-7-3-2-4-8-12/h2-4,7-8,11H,5-6,9-10H2,1H3,(H,23,24). The SMILES string of the molecule is CC(Sc1nc2sc3c(c2c(=O)n1-c1ccccc1)CCCC3)C(=O)O. The maximum atomic E-state index is 13.4. The molecule has 0 saturated heterocycles. The van der Waals surface area contributed by atoms with Gasteiger partial charge in [0.05, 0.1) is 11.1 Å². The van der Waals surface area contributed by atoms with E-state index in [1.807, 2.05) is 30.3 Å². The van der Waals surface area contributed by atoms with Gasteiger partial charge in [0.15, 0.2) is 5.16 Å². The van der Waals surface area contributed by atoms with Crippen LogP contribution in [0.3, 0.4) is 0 Å². The fourth-order valence-corrected chi connectivity index (χ4v) is 5.44. The molecule has 5 nitrogen and oxygen atoms in total. The highest BCUT2D eigenvalue weighted by Gasteiger charge is 2.24. The van der Waals surface area contributed by atoms with Crippen LogP contribution < -0.4 is 5.56 Å². The van der Waals surface area contributed by atoms with E-state index in [1.165, 1.54) is 4.88 Å². The number of thioether (sulfide) groups is 1. The molecular weight excluding hydrogens is 368 g/mol. The summed E-state index contributed by atoms with van der Waals surface area (Å²) in [7, 11) is 0. The van der Waals surface area contributed by atoms with Crippen LogP contribution in [0.5, 0.6) is 0 Å². The molecule has 0 aliphatic heterocycles. The average Bonchev–Trinajstić information content (AvgIpc) is 3.01. The lowest BCUT2D eigenvalue weighted by Gasteiger charge is -2.14. The molecule has 0 radical (unpaired) electrons. The Morgan fingerprint density at radius 3 is 2.73 bits per heavy atom. The predicted molar refractivity (Wildman–Crippen MR) is 105 cm³/mol. The summed E-state index contributed by atoms with van der Waals surface area (Å²) >= 11 is 2.69. The zero-order chi connectivity index (χ0) is 18.3. The van der Waals surface area contributed by atoms with Crippen molar-refractivity contribution in [2.24, 2.45) is 0 Å². The van der Waals surface area contributed by atoms with Crippen LogP contribution >= 0.6 is 23.1 Å². The van der Waals surface area contributed by atoms with E-state index in [-0.39, 0.29) is 5.56 Å². The zero-order valence-electron chi connectivity index (χ0n) is 14.3. The highest BCUT2D eigenvalue weighted by molar-refractivity contribution is 8.00. The van der Waals surface area contributed by atoms with Gasteiger partial charge in [-0.05, 0) is 50.3 Å². The second-order valence-corrected chi connectivity index (χ2v) is 8.75. The molecule has 7 heteroatoms. The Balaban J connectivity index is 1.99. The lowest BCUT2D eigenvalue weighted by Crippen LogP contribution is -2.24. The first-order valence-corrected chi connectivity index (χ1v) is 10.3. The van der Waals surface area contributed by atoms with Gasteiger partial charge in [-0.15, -0.1) is 11.3 Å². The number of aliphatic carboxylic acids is 1. The first-order valence-electron chi connectivity index (χ1n) is 8.58. The van der Waals surface area contributed by atoms with Gasteiger partial charge in [0.2, 0.25) is 0 Å². The molecule has 0 spiro atoms. The molecule has 3 aromatic rings. The van der Waals surface area contributed by atoms with Crippen molar-refractivity contribution in [1.29, 1.82) is 0 Å². The van der Waals surface area contributed by atoms with E-state index >= 15 is 0 Å². The molecule has 0 amide bonds. The molecular formula is C19H18N2O3S2. The minimum absolute atomic E-state index is 0.0966. The molecule has 0 fully saturated rings. The van der Waals surface area contributed by atoms with Crippen LogP contribution in [0.4, 0.5) is 0 Å². The van der Waals surface area contributed by atoms with Gasteiger partial charge in [-0.25, -0.2) is 4.98 Å². The number of rotatable bonds is 4. The topological polar surface area (TPSA) is 72.2 Å². The van der Waals surface area contributed by atoms with Gasteiger partial charge < -0.3 is 5.11 Å². The lowest BCUT2D eigenvalue weighted by atomic mass is 9.97. The van der Waals surface area contributed by atoms with Gasteiger partial charge >= 0.3 is 5.97 Å². The number of aromatic nitrogens is 2. The monoisotopic (exact) mass is 386 g/mol.